The van der Waals surface area contributed by atoms with Crippen LogP contribution in [0.3, 0.4) is 0 Å². The van der Waals surface area contributed by atoms with Gasteiger partial charge in [-0.05, 0) is 25.2 Å². The van der Waals surface area contributed by atoms with E-state index in [4.69, 9.17) is 10.8 Å². The lowest BCUT2D eigenvalue weighted by Crippen LogP contribution is -2.18. The van der Waals surface area contributed by atoms with Crippen LogP contribution in [0.2, 0.25) is 0 Å². The Labute approximate surface area is 105 Å². The fourth-order valence-corrected chi connectivity index (χ4v) is 2.79. The maximum absolute atomic E-state index is 11.5. The molecule has 7 heteroatoms. The van der Waals surface area contributed by atoms with E-state index in [1.54, 1.807) is 6.07 Å². The number of anilines is 1. The summed E-state index contributed by atoms with van der Waals surface area (Å²) in [7, 11) is -2.11. The second kappa shape index (κ2) is 5.72. The lowest BCUT2D eigenvalue weighted by Gasteiger charge is -2.11. The number of thioether (sulfide) groups is 1. The summed E-state index contributed by atoms with van der Waals surface area (Å²) in [4.78, 5) is 0.903. The molecule has 0 aromatic heterocycles. The highest BCUT2D eigenvalue weighted by Gasteiger charge is 2.14. The number of nitrogen functional groups attached to an aromatic ring is 1. The number of nitrogens with one attached hydrogen (secondary N) is 1. The molecule has 0 fully saturated rings. The van der Waals surface area contributed by atoms with Crippen LogP contribution >= 0.6 is 11.8 Å². The van der Waals surface area contributed by atoms with Crippen LogP contribution in [0.4, 0.5) is 5.69 Å². The second-order valence-corrected chi connectivity index (χ2v) is 6.89. The van der Waals surface area contributed by atoms with E-state index in [1.807, 2.05) is 6.92 Å². The summed E-state index contributed by atoms with van der Waals surface area (Å²) in [5, 5.41) is 8.96. The Bertz CT molecular complexity index is 488. The van der Waals surface area contributed by atoms with Crippen molar-refractivity contribution in [2.24, 2.45) is 0 Å². The number of sulfonamides is 1. The SMILES string of the molecule is CNS(=O)(=O)c1ccc(SC(C)CO)c(N)c1. The van der Waals surface area contributed by atoms with Gasteiger partial charge in [-0.25, -0.2) is 13.1 Å². The van der Waals surface area contributed by atoms with Gasteiger partial charge in [0.2, 0.25) is 10.0 Å². The molecule has 1 unspecified atom stereocenters. The number of benzene rings is 1. The number of hydrogen-bond acceptors (Lipinski definition) is 5. The average molecular weight is 276 g/mol. The fraction of sp³-hybridized carbons (Fsp3) is 0.400. The van der Waals surface area contributed by atoms with E-state index in [2.05, 4.69) is 4.72 Å². The molecule has 96 valence electrons. The van der Waals surface area contributed by atoms with Crippen LogP contribution in [0.15, 0.2) is 28.0 Å². The molecule has 0 heterocycles. The smallest absolute Gasteiger partial charge is 0.240 e. The minimum atomic E-state index is -3.46. The number of nitrogens with two attached hydrogens (primary N) is 1. The van der Waals surface area contributed by atoms with Crippen molar-refractivity contribution in [1.29, 1.82) is 0 Å². The number of rotatable bonds is 5. The van der Waals surface area contributed by atoms with Crippen LogP contribution in [0, 0.1) is 0 Å². The van der Waals surface area contributed by atoms with Crippen LogP contribution in [-0.4, -0.2) is 32.4 Å². The van der Waals surface area contributed by atoms with E-state index < -0.39 is 10.0 Å². The highest BCUT2D eigenvalue weighted by Crippen LogP contribution is 2.30. The van der Waals surface area contributed by atoms with E-state index in [9.17, 15) is 8.42 Å². The molecule has 0 amide bonds. The third kappa shape index (κ3) is 3.60. The zero-order valence-corrected chi connectivity index (χ0v) is 11.3. The van der Waals surface area contributed by atoms with Gasteiger partial charge in [-0.1, -0.05) is 6.92 Å². The molecule has 1 rings (SSSR count). The van der Waals surface area contributed by atoms with Crippen molar-refractivity contribution in [1.82, 2.24) is 4.72 Å². The molecular formula is C10H16N2O3S2. The van der Waals surface area contributed by atoms with Gasteiger partial charge in [0.05, 0.1) is 11.5 Å². The first kappa shape index (κ1) is 14.3. The molecule has 0 bridgehead atoms. The van der Waals surface area contributed by atoms with Gasteiger partial charge in [0.1, 0.15) is 0 Å². The number of aliphatic hydroxyl groups excluding tert-OH is 1. The van der Waals surface area contributed by atoms with Gasteiger partial charge in [-0.15, -0.1) is 11.8 Å². The molecule has 17 heavy (non-hydrogen) atoms. The summed E-state index contributed by atoms with van der Waals surface area (Å²) >= 11 is 1.41. The standard InChI is InChI=1S/C10H16N2O3S2/c1-7(6-13)16-10-4-3-8(5-9(10)11)17(14,15)12-2/h3-5,7,12-13H,6,11H2,1-2H3. The van der Waals surface area contributed by atoms with Gasteiger partial charge >= 0.3 is 0 Å². The van der Waals surface area contributed by atoms with Gasteiger partial charge in [-0.2, -0.15) is 0 Å². The summed E-state index contributed by atoms with van der Waals surface area (Å²) in [5.74, 6) is 0. The van der Waals surface area contributed by atoms with Crippen LogP contribution in [0.25, 0.3) is 0 Å². The van der Waals surface area contributed by atoms with E-state index in [1.165, 1.54) is 30.9 Å². The van der Waals surface area contributed by atoms with Crippen molar-refractivity contribution in [3.63, 3.8) is 0 Å². The van der Waals surface area contributed by atoms with Crippen LogP contribution in [-0.2, 0) is 10.0 Å². The number of aliphatic hydroxyl groups is 1. The normalized spacial score (nSPS) is 13.6. The Kier molecular flexibility index (Phi) is 4.81. The Morgan fingerprint density at radius 2 is 2.18 bits per heavy atom. The van der Waals surface area contributed by atoms with Crippen molar-refractivity contribution >= 4 is 27.5 Å². The van der Waals surface area contributed by atoms with Crippen molar-refractivity contribution in [3.05, 3.63) is 18.2 Å². The molecule has 0 saturated heterocycles. The lowest BCUT2D eigenvalue weighted by molar-refractivity contribution is 0.300. The summed E-state index contributed by atoms with van der Waals surface area (Å²) in [6, 6.07) is 4.56. The minimum absolute atomic E-state index is 0.0176. The Morgan fingerprint density at radius 1 is 1.53 bits per heavy atom. The first-order valence-electron chi connectivity index (χ1n) is 5.01. The molecule has 0 radical (unpaired) electrons. The zero-order valence-electron chi connectivity index (χ0n) is 9.67. The summed E-state index contributed by atoms with van der Waals surface area (Å²) in [5.41, 5.74) is 6.18. The molecule has 5 nitrogen and oxygen atoms in total. The molecule has 1 atom stereocenters. The van der Waals surface area contributed by atoms with Gasteiger partial charge in [0.15, 0.2) is 0 Å². The third-order valence-corrected chi connectivity index (χ3v) is 4.73. The largest absolute Gasteiger partial charge is 0.398 e. The molecule has 0 aliphatic carbocycles. The first-order valence-corrected chi connectivity index (χ1v) is 7.37. The minimum Gasteiger partial charge on any atom is -0.398 e. The Morgan fingerprint density at radius 3 is 2.65 bits per heavy atom. The Balaban J connectivity index is 3.02. The molecule has 0 aliphatic heterocycles. The quantitative estimate of drug-likeness (QED) is 0.542. The molecule has 0 aliphatic rings. The summed E-state index contributed by atoms with van der Waals surface area (Å²) in [6.45, 7) is 1.91. The molecular weight excluding hydrogens is 260 g/mol. The van der Waals surface area contributed by atoms with Crippen LogP contribution < -0.4 is 10.5 Å². The van der Waals surface area contributed by atoms with Crippen LogP contribution in [0.1, 0.15) is 6.92 Å². The Hall–Kier alpha value is -0.760. The highest BCUT2D eigenvalue weighted by molar-refractivity contribution is 8.00. The van der Waals surface area contributed by atoms with Gasteiger partial charge in [0, 0.05) is 15.8 Å². The van der Waals surface area contributed by atoms with Crippen molar-refractivity contribution < 1.29 is 13.5 Å². The topological polar surface area (TPSA) is 92.4 Å². The van der Waals surface area contributed by atoms with Crippen molar-refractivity contribution in [2.75, 3.05) is 19.4 Å². The number of hydrogen-bond donors (Lipinski definition) is 3. The average Bonchev–Trinajstić information content (AvgIpc) is 2.31. The van der Waals surface area contributed by atoms with Gasteiger partial charge < -0.3 is 10.8 Å². The van der Waals surface area contributed by atoms with Crippen molar-refractivity contribution in [2.45, 2.75) is 22.0 Å². The molecule has 1 aromatic rings. The zero-order chi connectivity index (χ0) is 13.1. The van der Waals surface area contributed by atoms with Gasteiger partial charge in [0.25, 0.3) is 0 Å². The molecule has 0 saturated carbocycles. The predicted molar refractivity (Wildman–Crippen MR) is 69.5 cm³/mol. The summed E-state index contributed by atoms with van der Waals surface area (Å²) < 4.78 is 25.3. The van der Waals surface area contributed by atoms with E-state index in [0.29, 0.717) is 5.69 Å². The molecule has 4 N–H and O–H groups in total. The monoisotopic (exact) mass is 276 g/mol. The molecule has 1 aromatic carbocycles. The van der Waals surface area contributed by atoms with Crippen LogP contribution in [0.5, 0.6) is 0 Å². The second-order valence-electron chi connectivity index (χ2n) is 3.52. The van der Waals surface area contributed by atoms with Gasteiger partial charge in [-0.3, -0.25) is 0 Å². The summed E-state index contributed by atoms with van der Waals surface area (Å²) in [6.07, 6.45) is 0. The maximum Gasteiger partial charge on any atom is 0.240 e. The first-order chi connectivity index (χ1) is 7.90. The van der Waals surface area contributed by atoms with E-state index in [0.717, 1.165) is 4.90 Å². The highest BCUT2D eigenvalue weighted by atomic mass is 32.2. The molecule has 0 spiro atoms. The third-order valence-electron chi connectivity index (χ3n) is 2.15. The lowest BCUT2D eigenvalue weighted by atomic mass is 10.3. The van der Waals surface area contributed by atoms with E-state index >= 15 is 0 Å². The van der Waals surface area contributed by atoms with E-state index in [-0.39, 0.29) is 16.8 Å². The van der Waals surface area contributed by atoms with Crippen molar-refractivity contribution in [3.8, 4) is 0 Å². The predicted octanol–water partition coefficient (Wildman–Crippen LogP) is 0.650. The maximum atomic E-state index is 11.5. The fourth-order valence-electron chi connectivity index (χ4n) is 1.17.